The van der Waals surface area contributed by atoms with Crippen molar-refractivity contribution < 1.29 is 41.5 Å². The maximum Gasteiger partial charge on any atom is 0.265 e. The molecule has 0 unspecified atom stereocenters. The number of rotatable bonds is 13. The fourth-order valence-corrected chi connectivity index (χ4v) is 5.64. The molecule has 3 amide bonds. The van der Waals surface area contributed by atoms with Crippen LogP contribution in [0, 0.1) is 29.2 Å². The summed E-state index contributed by atoms with van der Waals surface area (Å²) >= 11 is 0. The van der Waals surface area contributed by atoms with Gasteiger partial charge < -0.3 is 25.7 Å². The van der Waals surface area contributed by atoms with Crippen LogP contribution >= 0.6 is 0 Å². The van der Waals surface area contributed by atoms with Gasteiger partial charge in [-0.2, -0.15) is 8.78 Å². The number of hydrogen-bond donors (Lipinski definition) is 3. The van der Waals surface area contributed by atoms with Crippen LogP contribution in [0.4, 0.5) is 17.6 Å². The monoisotopic (exact) mass is 638 g/mol. The van der Waals surface area contributed by atoms with Crippen LogP contribution in [0.15, 0.2) is 66.7 Å². The van der Waals surface area contributed by atoms with Crippen LogP contribution in [-0.2, 0) is 20.8 Å². The Bertz CT molecular complexity index is 1770. The maximum absolute atomic E-state index is 14.2. The van der Waals surface area contributed by atoms with Gasteiger partial charge in [-0.3, -0.25) is 19.2 Å². The summed E-state index contributed by atoms with van der Waals surface area (Å²) in [5.41, 5.74) is 7.20. The zero-order valence-corrected chi connectivity index (χ0v) is 24.4. The number of nitrogens with one attached hydrogen (secondary N) is 2. The molecule has 1 fully saturated rings. The predicted molar refractivity (Wildman–Crippen MR) is 159 cm³/mol. The van der Waals surface area contributed by atoms with Gasteiger partial charge in [-0.25, -0.2) is 8.78 Å². The van der Waals surface area contributed by atoms with Gasteiger partial charge >= 0.3 is 0 Å². The van der Waals surface area contributed by atoms with Gasteiger partial charge in [0.05, 0.1) is 6.04 Å². The molecule has 3 atom stereocenters. The summed E-state index contributed by atoms with van der Waals surface area (Å²) in [6, 6.07) is 15.3. The number of ketones is 1. The molecule has 4 N–H and O–H groups in total. The molecule has 5 rings (SSSR count). The second kappa shape index (κ2) is 13.8. The number of nitrogens with two attached hydrogens (primary N) is 1. The second-order valence-electron chi connectivity index (χ2n) is 11.0. The second-order valence-corrected chi connectivity index (χ2v) is 11.0. The number of Topliss-reactive ketones (excluding diaryl/α,β-unsaturated/α-hetero) is 1. The summed E-state index contributed by atoms with van der Waals surface area (Å²) in [5, 5.41) is 5.94. The van der Waals surface area contributed by atoms with Crippen molar-refractivity contribution in [1.29, 1.82) is 0 Å². The quantitative estimate of drug-likeness (QED) is 0.150. The van der Waals surface area contributed by atoms with E-state index in [1.165, 1.54) is 4.57 Å². The maximum atomic E-state index is 14.2. The van der Waals surface area contributed by atoms with Gasteiger partial charge in [-0.15, -0.1) is 0 Å². The van der Waals surface area contributed by atoms with E-state index in [0.29, 0.717) is 30.3 Å². The molecule has 9 nitrogen and oxygen atoms in total. The van der Waals surface area contributed by atoms with Gasteiger partial charge in [0.15, 0.2) is 23.2 Å². The summed E-state index contributed by atoms with van der Waals surface area (Å²) in [6.07, 6.45) is 0.709. The lowest BCUT2D eigenvalue weighted by Gasteiger charge is -2.26. The van der Waals surface area contributed by atoms with E-state index in [-0.39, 0.29) is 30.5 Å². The number of aryl methyl sites for hydroxylation is 1. The highest BCUT2D eigenvalue weighted by atomic mass is 19.2. The SMILES string of the molecule is NC(=O)c1cc2ccccc2n1[C@@H](CCc1ccccc1)C(=O)N[C@@H](C[C@@H]1CCNC1=O)C(=O)COc1c(F)c(F)cc(F)c1F. The van der Waals surface area contributed by atoms with Gasteiger partial charge in [0.1, 0.15) is 18.3 Å². The number of para-hydroxylation sites is 1. The minimum Gasteiger partial charge on any atom is -0.479 e. The molecule has 1 saturated heterocycles. The fourth-order valence-electron chi connectivity index (χ4n) is 5.64. The van der Waals surface area contributed by atoms with E-state index >= 15 is 0 Å². The Morgan fingerprint density at radius 2 is 1.65 bits per heavy atom. The normalized spacial score (nSPS) is 15.7. The fraction of sp³-hybridized carbons (Fsp3) is 0.273. The summed E-state index contributed by atoms with van der Waals surface area (Å²) in [6.45, 7) is -0.742. The highest BCUT2D eigenvalue weighted by molar-refractivity contribution is 6.00. The van der Waals surface area contributed by atoms with Crippen LogP contribution in [0.5, 0.6) is 5.75 Å². The third-order valence-electron chi connectivity index (χ3n) is 7.98. The van der Waals surface area contributed by atoms with Crippen molar-refractivity contribution in [3.8, 4) is 5.75 Å². The molecule has 46 heavy (non-hydrogen) atoms. The molecule has 240 valence electrons. The van der Waals surface area contributed by atoms with E-state index in [2.05, 4.69) is 10.6 Å². The Morgan fingerprint density at radius 1 is 0.978 bits per heavy atom. The van der Waals surface area contributed by atoms with Crippen LogP contribution in [-0.4, -0.2) is 47.3 Å². The van der Waals surface area contributed by atoms with Crippen LogP contribution in [0.1, 0.15) is 41.4 Å². The lowest BCUT2D eigenvalue weighted by atomic mass is 9.95. The zero-order chi connectivity index (χ0) is 33.0. The number of hydrogen-bond acceptors (Lipinski definition) is 5. The van der Waals surface area contributed by atoms with Gasteiger partial charge in [-0.1, -0.05) is 48.5 Å². The summed E-state index contributed by atoms with van der Waals surface area (Å²) in [5.74, 6) is -12.0. The Morgan fingerprint density at radius 3 is 2.30 bits per heavy atom. The standard InChI is InChI=1S/C33H30F4N4O5/c34-21-16-22(35)29(37)30(28(21)36)46-17-27(42)23(14-20-12-13-39-32(20)44)40-33(45)25(11-10-18-6-2-1-3-7-18)41-24-9-5-4-8-19(24)15-26(41)31(38)43/h1-9,15-16,20,23,25H,10-14,17H2,(H2,38,43)(H,39,44)(H,40,45)/t20-,23-,25-/m0/s1. The lowest BCUT2D eigenvalue weighted by Crippen LogP contribution is -2.47. The van der Waals surface area contributed by atoms with E-state index in [1.54, 1.807) is 30.3 Å². The molecule has 2 heterocycles. The van der Waals surface area contributed by atoms with E-state index < -0.39 is 71.2 Å². The molecular weight excluding hydrogens is 608 g/mol. The van der Waals surface area contributed by atoms with Gasteiger partial charge in [0.25, 0.3) is 5.91 Å². The number of halogens is 4. The number of aromatic nitrogens is 1. The first-order chi connectivity index (χ1) is 22.0. The number of benzene rings is 3. The molecule has 1 aliphatic rings. The number of fused-ring (bicyclic) bond motifs is 1. The Kier molecular flexibility index (Phi) is 9.69. The molecule has 0 radical (unpaired) electrons. The van der Waals surface area contributed by atoms with Crippen molar-refractivity contribution >= 4 is 34.4 Å². The van der Waals surface area contributed by atoms with Crippen molar-refractivity contribution in [2.24, 2.45) is 11.7 Å². The van der Waals surface area contributed by atoms with Crippen LogP contribution in [0.2, 0.25) is 0 Å². The van der Waals surface area contributed by atoms with Crippen molar-refractivity contribution in [3.63, 3.8) is 0 Å². The topological polar surface area (TPSA) is 133 Å². The van der Waals surface area contributed by atoms with Gasteiger partial charge in [-0.05, 0) is 43.4 Å². The van der Waals surface area contributed by atoms with E-state index in [9.17, 15) is 36.7 Å². The van der Waals surface area contributed by atoms with E-state index in [1.807, 2.05) is 30.3 Å². The minimum atomic E-state index is -1.83. The molecule has 0 spiro atoms. The molecule has 0 saturated carbocycles. The van der Waals surface area contributed by atoms with Crippen molar-refractivity contribution in [3.05, 3.63) is 101 Å². The summed E-state index contributed by atoms with van der Waals surface area (Å²) < 4.78 is 62.3. The highest BCUT2D eigenvalue weighted by Gasteiger charge is 2.35. The Hall–Kier alpha value is -5.20. The molecule has 1 aromatic heterocycles. The van der Waals surface area contributed by atoms with Crippen LogP contribution < -0.4 is 21.1 Å². The molecule has 3 aromatic carbocycles. The molecule has 4 aromatic rings. The largest absolute Gasteiger partial charge is 0.479 e. The van der Waals surface area contributed by atoms with Crippen molar-refractivity contribution in [2.75, 3.05) is 13.2 Å². The number of carbonyl (C=O) groups is 4. The highest BCUT2D eigenvalue weighted by Crippen LogP contribution is 2.29. The summed E-state index contributed by atoms with van der Waals surface area (Å²) in [7, 11) is 0. The number of carbonyl (C=O) groups excluding carboxylic acids is 4. The molecule has 0 bridgehead atoms. The van der Waals surface area contributed by atoms with Crippen molar-refractivity contribution in [2.45, 2.75) is 37.8 Å². The third kappa shape index (κ3) is 6.87. The molecule has 0 aliphatic carbocycles. The Labute approximate surface area is 260 Å². The van der Waals surface area contributed by atoms with Crippen LogP contribution in [0.3, 0.4) is 0 Å². The average molecular weight is 639 g/mol. The van der Waals surface area contributed by atoms with Gasteiger partial charge in [0.2, 0.25) is 23.4 Å². The smallest absolute Gasteiger partial charge is 0.265 e. The molecule has 13 heteroatoms. The zero-order valence-electron chi connectivity index (χ0n) is 24.4. The lowest BCUT2D eigenvalue weighted by molar-refractivity contribution is -0.132. The number of ether oxygens (including phenoxy) is 1. The minimum absolute atomic E-state index is 0.00194. The molecule has 1 aliphatic heterocycles. The first kappa shape index (κ1) is 32.2. The summed E-state index contributed by atoms with van der Waals surface area (Å²) in [4.78, 5) is 52.5. The predicted octanol–water partition coefficient (Wildman–Crippen LogP) is 4.13. The van der Waals surface area contributed by atoms with Gasteiger partial charge in [0, 0.05) is 29.4 Å². The Balaban J connectivity index is 1.47. The van der Waals surface area contributed by atoms with E-state index in [4.69, 9.17) is 10.5 Å². The third-order valence-corrected chi connectivity index (χ3v) is 7.98. The number of primary amides is 1. The average Bonchev–Trinajstić information content (AvgIpc) is 3.63. The molecular formula is C33H30F4N4O5. The first-order valence-corrected chi connectivity index (χ1v) is 14.6. The number of amides is 3. The number of nitrogens with zero attached hydrogens (tertiary/aromatic N) is 1. The van der Waals surface area contributed by atoms with Crippen LogP contribution in [0.25, 0.3) is 10.9 Å². The van der Waals surface area contributed by atoms with Crippen molar-refractivity contribution in [1.82, 2.24) is 15.2 Å². The van der Waals surface area contributed by atoms with E-state index in [0.717, 1.165) is 5.56 Å². The first-order valence-electron chi connectivity index (χ1n) is 14.6.